The molecule has 0 bridgehead atoms. The summed E-state index contributed by atoms with van der Waals surface area (Å²) in [4.78, 5) is 1.90. The maximum absolute atomic E-state index is 10.0. The molecule has 1 aliphatic heterocycles. The van der Waals surface area contributed by atoms with E-state index in [-0.39, 0.29) is 11.3 Å². The van der Waals surface area contributed by atoms with Gasteiger partial charge in [-0.15, -0.1) is 0 Å². The second kappa shape index (κ2) is 6.26. The quantitative estimate of drug-likeness (QED) is 0.496. The standard InChI is InChI=1S/C15H21NO4/c1-2-4-13(18)11-5-3-6-12(14(11)15(19)20)16-8-7-10(17)9-16/h3-6,10,15,17-20H,2,7-9H2,1H3/b13-4+. The molecule has 0 aromatic heterocycles. The van der Waals surface area contributed by atoms with Gasteiger partial charge in [-0.2, -0.15) is 0 Å². The highest BCUT2D eigenvalue weighted by atomic mass is 16.5. The molecule has 20 heavy (non-hydrogen) atoms. The van der Waals surface area contributed by atoms with Crippen LogP contribution in [0.15, 0.2) is 24.3 Å². The van der Waals surface area contributed by atoms with E-state index in [4.69, 9.17) is 0 Å². The molecule has 1 saturated heterocycles. The van der Waals surface area contributed by atoms with Crippen LogP contribution in [0, 0.1) is 0 Å². The van der Waals surface area contributed by atoms with Gasteiger partial charge in [0, 0.05) is 29.9 Å². The molecule has 0 amide bonds. The summed E-state index contributed by atoms with van der Waals surface area (Å²) >= 11 is 0. The molecule has 1 fully saturated rings. The average molecular weight is 279 g/mol. The third kappa shape index (κ3) is 2.95. The second-order valence-corrected chi connectivity index (χ2v) is 5.00. The summed E-state index contributed by atoms with van der Waals surface area (Å²) in [6.45, 7) is 3.01. The lowest BCUT2D eigenvalue weighted by Crippen LogP contribution is -2.23. The number of hydrogen-bond acceptors (Lipinski definition) is 5. The minimum atomic E-state index is -1.67. The number of allylic oxidation sites excluding steroid dienone is 1. The van der Waals surface area contributed by atoms with E-state index in [9.17, 15) is 20.4 Å². The first kappa shape index (κ1) is 14.8. The summed E-state index contributed by atoms with van der Waals surface area (Å²) < 4.78 is 0. The number of rotatable bonds is 4. The van der Waals surface area contributed by atoms with Crippen LogP contribution in [0.2, 0.25) is 0 Å². The van der Waals surface area contributed by atoms with Crippen molar-refractivity contribution in [2.45, 2.75) is 32.2 Å². The molecule has 1 aromatic carbocycles. The summed E-state index contributed by atoms with van der Waals surface area (Å²) in [7, 11) is 0. The molecule has 0 saturated carbocycles. The summed E-state index contributed by atoms with van der Waals surface area (Å²) in [6.07, 6.45) is 0.860. The monoisotopic (exact) mass is 279 g/mol. The zero-order valence-electron chi connectivity index (χ0n) is 11.5. The molecule has 1 heterocycles. The molecule has 5 nitrogen and oxygen atoms in total. The number of benzene rings is 1. The number of aliphatic hydroxyl groups is 4. The molecular formula is C15H21NO4. The van der Waals surface area contributed by atoms with Crippen molar-refractivity contribution in [1.82, 2.24) is 0 Å². The van der Waals surface area contributed by atoms with Crippen LogP contribution in [-0.4, -0.2) is 39.6 Å². The van der Waals surface area contributed by atoms with E-state index in [0.717, 1.165) is 0 Å². The van der Waals surface area contributed by atoms with Gasteiger partial charge < -0.3 is 25.3 Å². The van der Waals surface area contributed by atoms with Crippen LogP contribution >= 0.6 is 0 Å². The van der Waals surface area contributed by atoms with Crippen molar-refractivity contribution in [1.29, 1.82) is 0 Å². The molecule has 4 N–H and O–H groups in total. The van der Waals surface area contributed by atoms with Gasteiger partial charge in [0.25, 0.3) is 0 Å². The Balaban J connectivity index is 2.47. The van der Waals surface area contributed by atoms with Crippen molar-refractivity contribution >= 4 is 11.4 Å². The predicted molar refractivity (Wildman–Crippen MR) is 77.4 cm³/mol. The fourth-order valence-corrected chi connectivity index (χ4v) is 2.59. The summed E-state index contributed by atoms with van der Waals surface area (Å²) in [5.74, 6) is 0.0391. The normalized spacial score (nSPS) is 19.9. The molecule has 1 aliphatic rings. The van der Waals surface area contributed by atoms with Crippen LogP contribution in [0.1, 0.15) is 37.2 Å². The molecule has 1 unspecified atom stereocenters. The van der Waals surface area contributed by atoms with Crippen molar-refractivity contribution in [3.63, 3.8) is 0 Å². The van der Waals surface area contributed by atoms with E-state index in [2.05, 4.69) is 0 Å². The van der Waals surface area contributed by atoms with Crippen molar-refractivity contribution in [3.8, 4) is 0 Å². The Morgan fingerprint density at radius 2 is 2.20 bits per heavy atom. The maximum Gasteiger partial charge on any atom is 0.181 e. The first-order valence-electron chi connectivity index (χ1n) is 6.86. The van der Waals surface area contributed by atoms with Gasteiger partial charge in [0.15, 0.2) is 6.29 Å². The number of aliphatic hydroxyl groups excluding tert-OH is 3. The van der Waals surface area contributed by atoms with Crippen molar-refractivity contribution < 1.29 is 20.4 Å². The van der Waals surface area contributed by atoms with E-state index in [1.807, 2.05) is 11.8 Å². The summed E-state index contributed by atoms with van der Waals surface area (Å²) in [5.41, 5.74) is 1.34. The second-order valence-electron chi connectivity index (χ2n) is 5.00. The Kier molecular flexibility index (Phi) is 4.65. The van der Waals surface area contributed by atoms with Crippen LogP contribution in [0.4, 0.5) is 5.69 Å². The fourth-order valence-electron chi connectivity index (χ4n) is 2.59. The highest BCUT2D eigenvalue weighted by molar-refractivity contribution is 5.70. The fraction of sp³-hybridized carbons (Fsp3) is 0.467. The number of nitrogens with zero attached hydrogens (tertiary/aromatic N) is 1. The smallest absolute Gasteiger partial charge is 0.181 e. The molecule has 0 spiro atoms. The Labute approximate surface area is 118 Å². The molecule has 5 heteroatoms. The Hall–Kier alpha value is -1.56. The Morgan fingerprint density at radius 3 is 2.75 bits per heavy atom. The van der Waals surface area contributed by atoms with Gasteiger partial charge in [0.05, 0.1) is 6.10 Å². The minimum absolute atomic E-state index is 0.0391. The zero-order valence-corrected chi connectivity index (χ0v) is 11.5. The third-order valence-electron chi connectivity index (χ3n) is 3.52. The van der Waals surface area contributed by atoms with Gasteiger partial charge >= 0.3 is 0 Å². The summed E-state index contributed by atoms with van der Waals surface area (Å²) in [6, 6.07) is 5.20. The molecule has 2 rings (SSSR count). The van der Waals surface area contributed by atoms with E-state index < -0.39 is 12.4 Å². The molecule has 1 atom stereocenters. The average Bonchev–Trinajstić information content (AvgIpc) is 2.84. The maximum atomic E-state index is 10.0. The van der Waals surface area contributed by atoms with Gasteiger partial charge in [-0.25, -0.2) is 0 Å². The molecule has 0 radical (unpaired) electrons. The van der Waals surface area contributed by atoms with E-state index in [1.54, 1.807) is 24.3 Å². The van der Waals surface area contributed by atoms with Gasteiger partial charge in [-0.05, 0) is 25.0 Å². The lowest BCUT2D eigenvalue weighted by Gasteiger charge is -2.24. The molecule has 0 aliphatic carbocycles. The van der Waals surface area contributed by atoms with Crippen LogP contribution in [0.3, 0.4) is 0 Å². The Morgan fingerprint density at radius 1 is 1.45 bits per heavy atom. The SMILES string of the molecule is CC/C=C(/O)c1cccc(N2CCC(O)C2)c1C(O)O. The highest BCUT2D eigenvalue weighted by Crippen LogP contribution is 2.33. The predicted octanol–water partition coefficient (Wildman–Crippen LogP) is 1.55. The number of hydrogen-bond donors (Lipinski definition) is 4. The largest absolute Gasteiger partial charge is 0.508 e. The highest BCUT2D eigenvalue weighted by Gasteiger charge is 2.26. The number of anilines is 1. The van der Waals surface area contributed by atoms with Crippen LogP contribution in [-0.2, 0) is 0 Å². The van der Waals surface area contributed by atoms with E-state index in [0.29, 0.717) is 37.2 Å². The molecule has 1 aromatic rings. The van der Waals surface area contributed by atoms with Crippen LogP contribution in [0.5, 0.6) is 0 Å². The van der Waals surface area contributed by atoms with E-state index in [1.165, 1.54) is 0 Å². The van der Waals surface area contributed by atoms with Crippen molar-refractivity contribution in [3.05, 3.63) is 35.4 Å². The number of β-amino-alcohol motifs (C(OH)–C–C–N with tert-alkyl or cyclic N) is 1. The lowest BCUT2D eigenvalue weighted by molar-refractivity contribution is -0.0424. The van der Waals surface area contributed by atoms with Crippen molar-refractivity contribution in [2.24, 2.45) is 0 Å². The topological polar surface area (TPSA) is 84.2 Å². The molecular weight excluding hydrogens is 258 g/mol. The lowest BCUT2D eigenvalue weighted by atomic mass is 10.0. The zero-order chi connectivity index (χ0) is 14.7. The van der Waals surface area contributed by atoms with Gasteiger partial charge in [0.2, 0.25) is 0 Å². The first-order chi connectivity index (χ1) is 9.54. The Bertz CT molecular complexity index is 499. The third-order valence-corrected chi connectivity index (χ3v) is 3.52. The van der Waals surface area contributed by atoms with Crippen molar-refractivity contribution in [2.75, 3.05) is 18.0 Å². The summed E-state index contributed by atoms with van der Waals surface area (Å²) in [5, 5.41) is 39.0. The molecule has 110 valence electrons. The first-order valence-corrected chi connectivity index (χ1v) is 6.86. The minimum Gasteiger partial charge on any atom is -0.508 e. The van der Waals surface area contributed by atoms with Gasteiger partial charge in [0.1, 0.15) is 5.76 Å². The van der Waals surface area contributed by atoms with Gasteiger partial charge in [-0.1, -0.05) is 19.1 Å². The van der Waals surface area contributed by atoms with Gasteiger partial charge in [-0.3, -0.25) is 0 Å². The van der Waals surface area contributed by atoms with Crippen LogP contribution < -0.4 is 4.90 Å². The van der Waals surface area contributed by atoms with Crippen LogP contribution in [0.25, 0.3) is 5.76 Å². The van der Waals surface area contributed by atoms with E-state index >= 15 is 0 Å².